The standard InChI is InChI=1S/C21H21N5O3/c1-14(15-3-8-18(9-4-15)25-12-2-11-22-25)23-19-10-5-16(13-20(19)26(28)29)21(27)24-17-6-7-17/h2-5,8-14,17,23H,6-7H2,1H3,(H,24,27). The van der Waals surface area contributed by atoms with Gasteiger partial charge in [0.25, 0.3) is 11.6 Å². The molecule has 0 bridgehead atoms. The smallest absolute Gasteiger partial charge is 0.293 e. The lowest BCUT2D eigenvalue weighted by Gasteiger charge is -2.17. The minimum Gasteiger partial charge on any atom is -0.373 e. The van der Waals surface area contributed by atoms with Crippen molar-refractivity contribution in [3.05, 3.63) is 82.2 Å². The number of carbonyl (C=O) groups is 1. The lowest BCUT2D eigenvalue weighted by Crippen LogP contribution is -2.25. The summed E-state index contributed by atoms with van der Waals surface area (Å²) < 4.78 is 1.76. The second kappa shape index (κ2) is 7.75. The van der Waals surface area contributed by atoms with Gasteiger partial charge < -0.3 is 10.6 Å². The monoisotopic (exact) mass is 391 g/mol. The first-order valence-electron chi connectivity index (χ1n) is 9.47. The summed E-state index contributed by atoms with van der Waals surface area (Å²) in [6.07, 6.45) is 5.50. The van der Waals surface area contributed by atoms with Gasteiger partial charge in [0.05, 0.1) is 10.6 Å². The number of aromatic nitrogens is 2. The minimum atomic E-state index is -0.468. The molecule has 1 fully saturated rings. The first-order chi connectivity index (χ1) is 14.0. The molecule has 3 aromatic rings. The maximum absolute atomic E-state index is 12.2. The van der Waals surface area contributed by atoms with Crippen molar-refractivity contribution >= 4 is 17.3 Å². The summed E-state index contributed by atoms with van der Waals surface area (Å²) in [4.78, 5) is 23.3. The summed E-state index contributed by atoms with van der Waals surface area (Å²) in [5.41, 5.74) is 2.47. The Morgan fingerprint density at radius 2 is 2.00 bits per heavy atom. The summed E-state index contributed by atoms with van der Waals surface area (Å²) in [5, 5.41) is 21.8. The zero-order valence-corrected chi connectivity index (χ0v) is 15.9. The van der Waals surface area contributed by atoms with Crippen LogP contribution in [-0.4, -0.2) is 26.7 Å². The average Bonchev–Trinajstić information content (AvgIpc) is 3.36. The maximum Gasteiger partial charge on any atom is 0.293 e. The van der Waals surface area contributed by atoms with E-state index < -0.39 is 4.92 Å². The van der Waals surface area contributed by atoms with Crippen molar-refractivity contribution < 1.29 is 9.72 Å². The van der Waals surface area contributed by atoms with Crippen molar-refractivity contribution in [3.63, 3.8) is 0 Å². The first-order valence-corrected chi connectivity index (χ1v) is 9.47. The highest BCUT2D eigenvalue weighted by molar-refractivity contribution is 5.96. The van der Waals surface area contributed by atoms with Gasteiger partial charge >= 0.3 is 0 Å². The number of amides is 1. The summed E-state index contributed by atoms with van der Waals surface area (Å²) in [6, 6.07) is 14.2. The molecule has 1 saturated carbocycles. The van der Waals surface area contributed by atoms with Gasteiger partial charge in [-0.15, -0.1) is 0 Å². The van der Waals surface area contributed by atoms with Crippen molar-refractivity contribution in [1.82, 2.24) is 15.1 Å². The molecule has 8 nitrogen and oxygen atoms in total. The van der Waals surface area contributed by atoms with Gasteiger partial charge in [0.2, 0.25) is 0 Å². The Labute approximate surface area is 167 Å². The molecule has 29 heavy (non-hydrogen) atoms. The lowest BCUT2D eigenvalue weighted by atomic mass is 10.1. The van der Waals surface area contributed by atoms with Crippen LogP contribution in [-0.2, 0) is 0 Å². The fraction of sp³-hybridized carbons (Fsp3) is 0.238. The number of rotatable bonds is 7. The van der Waals surface area contributed by atoms with Gasteiger partial charge in [0.1, 0.15) is 5.69 Å². The fourth-order valence-electron chi connectivity index (χ4n) is 3.10. The maximum atomic E-state index is 12.2. The van der Waals surface area contributed by atoms with Gasteiger partial charge in [-0.25, -0.2) is 4.68 Å². The average molecular weight is 391 g/mol. The van der Waals surface area contributed by atoms with Crippen molar-refractivity contribution in [3.8, 4) is 5.69 Å². The van der Waals surface area contributed by atoms with E-state index in [0.29, 0.717) is 11.3 Å². The third-order valence-electron chi connectivity index (χ3n) is 4.90. The van der Waals surface area contributed by atoms with Crippen LogP contribution in [0.1, 0.15) is 41.7 Å². The number of nitro groups is 1. The summed E-state index contributed by atoms with van der Waals surface area (Å²) >= 11 is 0. The van der Waals surface area contributed by atoms with E-state index >= 15 is 0 Å². The number of anilines is 1. The molecule has 4 rings (SSSR count). The van der Waals surface area contributed by atoms with E-state index in [1.54, 1.807) is 23.0 Å². The second-order valence-electron chi connectivity index (χ2n) is 7.14. The molecule has 2 N–H and O–H groups in total. The predicted octanol–water partition coefficient (Wildman–Crippen LogP) is 3.85. The van der Waals surface area contributed by atoms with E-state index in [1.165, 1.54) is 6.07 Å². The van der Waals surface area contributed by atoms with Gasteiger partial charge in [0.15, 0.2) is 0 Å². The van der Waals surface area contributed by atoms with Crippen LogP contribution < -0.4 is 10.6 Å². The molecular formula is C21H21N5O3. The van der Waals surface area contributed by atoms with Gasteiger partial charge in [-0.3, -0.25) is 14.9 Å². The van der Waals surface area contributed by atoms with Crippen LogP contribution in [0.2, 0.25) is 0 Å². The molecule has 1 aliphatic carbocycles. The zero-order chi connectivity index (χ0) is 20.4. The Balaban J connectivity index is 1.51. The zero-order valence-electron chi connectivity index (χ0n) is 15.9. The Morgan fingerprint density at radius 1 is 1.24 bits per heavy atom. The Hall–Kier alpha value is -3.68. The van der Waals surface area contributed by atoms with E-state index in [9.17, 15) is 14.9 Å². The number of benzene rings is 2. The van der Waals surface area contributed by atoms with Crippen molar-refractivity contribution in [2.75, 3.05) is 5.32 Å². The van der Waals surface area contributed by atoms with Gasteiger partial charge in [-0.1, -0.05) is 12.1 Å². The van der Waals surface area contributed by atoms with Gasteiger partial charge in [-0.05, 0) is 55.7 Å². The first kappa shape index (κ1) is 18.7. The molecule has 0 aliphatic heterocycles. The molecule has 1 heterocycles. The second-order valence-corrected chi connectivity index (χ2v) is 7.14. The summed E-state index contributed by atoms with van der Waals surface area (Å²) in [5.74, 6) is -0.274. The molecule has 1 aliphatic rings. The number of nitrogens with one attached hydrogen (secondary N) is 2. The number of nitrogens with zero attached hydrogens (tertiary/aromatic N) is 3. The molecule has 148 valence electrons. The van der Waals surface area contributed by atoms with Crippen LogP contribution in [0.15, 0.2) is 60.9 Å². The molecule has 2 aromatic carbocycles. The highest BCUT2D eigenvalue weighted by Crippen LogP contribution is 2.30. The predicted molar refractivity (Wildman–Crippen MR) is 109 cm³/mol. The van der Waals surface area contributed by atoms with Crippen molar-refractivity contribution in [1.29, 1.82) is 0 Å². The number of nitro benzene ring substituents is 1. The molecule has 8 heteroatoms. The highest BCUT2D eigenvalue weighted by Gasteiger charge is 2.25. The van der Waals surface area contributed by atoms with Crippen LogP contribution in [0.4, 0.5) is 11.4 Å². The van der Waals surface area contributed by atoms with E-state index in [-0.39, 0.29) is 23.7 Å². The van der Waals surface area contributed by atoms with E-state index in [0.717, 1.165) is 24.1 Å². The normalized spacial score (nSPS) is 14.2. The highest BCUT2D eigenvalue weighted by atomic mass is 16.6. The molecular weight excluding hydrogens is 370 g/mol. The third kappa shape index (κ3) is 4.26. The molecule has 1 amide bonds. The number of hydrogen-bond donors (Lipinski definition) is 2. The van der Waals surface area contributed by atoms with E-state index in [2.05, 4.69) is 15.7 Å². The largest absolute Gasteiger partial charge is 0.373 e. The summed E-state index contributed by atoms with van der Waals surface area (Å²) in [6.45, 7) is 1.93. The third-order valence-corrected chi connectivity index (χ3v) is 4.90. The Morgan fingerprint density at radius 3 is 2.62 bits per heavy atom. The van der Waals surface area contributed by atoms with Crippen LogP contribution in [0.5, 0.6) is 0 Å². The van der Waals surface area contributed by atoms with Crippen LogP contribution >= 0.6 is 0 Å². The Bertz CT molecular complexity index is 1030. The topological polar surface area (TPSA) is 102 Å². The Kier molecular flexibility index (Phi) is 4.99. The number of carbonyl (C=O) groups excluding carboxylic acids is 1. The minimum absolute atomic E-state index is 0.117. The van der Waals surface area contributed by atoms with Crippen LogP contribution in [0, 0.1) is 10.1 Å². The quantitative estimate of drug-likeness (QED) is 0.470. The molecule has 1 aromatic heterocycles. The fourth-order valence-corrected chi connectivity index (χ4v) is 3.10. The summed E-state index contributed by atoms with van der Waals surface area (Å²) in [7, 11) is 0. The molecule has 1 unspecified atom stereocenters. The van der Waals surface area contributed by atoms with Crippen LogP contribution in [0.25, 0.3) is 5.69 Å². The molecule has 0 spiro atoms. The lowest BCUT2D eigenvalue weighted by molar-refractivity contribution is -0.384. The van der Waals surface area contributed by atoms with Crippen molar-refractivity contribution in [2.24, 2.45) is 0 Å². The molecule has 1 atom stereocenters. The molecule has 0 radical (unpaired) electrons. The van der Waals surface area contributed by atoms with Gasteiger partial charge in [0, 0.05) is 36.1 Å². The molecule has 0 saturated heterocycles. The van der Waals surface area contributed by atoms with Gasteiger partial charge in [-0.2, -0.15) is 5.10 Å². The van der Waals surface area contributed by atoms with Crippen LogP contribution in [0.3, 0.4) is 0 Å². The van der Waals surface area contributed by atoms with E-state index in [4.69, 9.17) is 0 Å². The van der Waals surface area contributed by atoms with Crippen molar-refractivity contribution in [2.45, 2.75) is 31.8 Å². The SMILES string of the molecule is CC(Nc1ccc(C(=O)NC2CC2)cc1[N+](=O)[O-])c1ccc(-n2cccn2)cc1. The number of hydrogen-bond acceptors (Lipinski definition) is 5. The van der Waals surface area contributed by atoms with E-state index in [1.807, 2.05) is 43.5 Å².